The van der Waals surface area contributed by atoms with Gasteiger partial charge in [0.05, 0.1) is 12.0 Å². The fourth-order valence-corrected chi connectivity index (χ4v) is 7.18. The Morgan fingerprint density at radius 2 is 2.10 bits per heavy atom. The van der Waals surface area contributed by atoms with Crippen molar-refractivity contribution in [1.82, 2.24) is 4.57 Å². The number of amides is 1. The van der Waals surface area contributed by atoms with Crippen molar-refractivity contribution < 1.29 is 13.9 Å². The molecule has 29 heavy (non-hydrogen) atoms. The van der Waals surface area contributed by atoms with E-state index in [4.69, 9.17) is 4.74 Å². The molecule has 4 saturated carbocycles. The van der Waals surface area contributed by atoms with Crippen LogP contribution in [0.3, 0.4) is 0 Å². The molecule has 4 nitrogen and oxygen atoms in total. The number of hydrogen-bond donors (Lipinski definition) is 0. The molecule has 6 rings (SSSR count). The number of benzene rings is 1. The number of aromatic nitrogens is 1. The highest BCUT2D eigenvalue weighted by Gasteiger charge is 2.61. The Morgan fingerprint density at radius 3 is 2.83 bits per heavy atom. The maximum atomic E-state index is 13.5. The summed E-state index contributed by atoms with van der Waals surface area (Å²) in [5, 5.41) is 0. The van der Waals surface area contributed by atoms with Gasteiger partial charge in [-0.05, 0) is 67.6 Å². The maximum Gasteiger partial charge on any atom is 0.254 e. The number of hydrogen-bond acceptors (Lipinski definition) is 3. The minimum absolute atomic E-state index is 0.0949. The zero-order chi connectivity index (χ0) is 20.0. The van der Waals surface area contributed by atoms with Crippen LogP contribution in [0, 0.1) is 29.0 Å². The van der Waals surface area contributed by atoms with Crippen molar-refractivity contribution in [1.29, 1.82) is 0 Å². The molecule has 6 heteroatoms. The first-order valence-corrected chi connectivity index (χ1v) is 11.4. The topological polar surface area (TPSA) is 43.6 Å². The van der Waals surface area contributed by atoms with Crippen LogP contribution in [0.1, 0.15) is 42.5 Å². The molecule has 2 aromatic rings. The lowest BCUT2D eigenvalue weighted by atomic mass is 9.75. The van der Waals surface area contributed by atoms with Crippen molar-refractivity contribution in [2.45, 2.75) is 45.1 Å². The van der Waals surface area contributed by atoms with Gasteiger partial charge in [0.15, 0.2) is 4.80 Å². The number of nitrogens with zero attached hydrogens (tertiary/aromatic N) is 2. The summed E-state index contributed by atoms with van der Waals surface area (Å²) in [6.07, 6.45) is 8.50. The highest BCUT2D eigenvalue weighted by atomic mass is 32.1. The van der Waals surface area contributed by atoms with Crippen LogP contribution in [0.15, 0.2) is 35.5 Å². The van der Waals surface area contributed by atoms with E-state index in [0.717, 1.165) is 39.9 Å². The molecule has 1 heterocycles. The third-order valence-corrected chi connectivity index (χ3v) is 8.20. The second-order valence-corrected chi connectivity index (χ2v) is 10.2. The fraction of sp³-hybridized carbons (Fsp3) is 0.565. The summed E-state index contributed by atoms with van der Waals surface area (Å²) < 4.78 is 20.8. The van der Waals surface area contributed by atoms with Gasteiger partial charge in [0.2, 0.25) is 0 Å². The molecule has 1 aromatic carbocycles. The quantitative estimate of drug-likeness (QED) is 0.712. The van der Waals surface area contributed by atoms with E-state index in [-0.39, 0.29) is 17.1 Å². The molecule has 4 bridgehead atoms. The molecule has 4 fully saturated rings. The highest BCUT2D eigenvalue weighted by Crippen LogP contribution is 2.65. The van der Waals surface area contributed by atoms with Gasteiger partial charge in [0.1, 0.15) is 5.82 Å². The highest BCUT2D eigenvalue weighted by molar-refractivity contribution is 7.09. The Kier molecular flexibility index (Phi) is 4.95. The molecule has 1 aromatic heterocycles. The Bertz CT molecular complexity index is 981. The number of thiazole rings is 1. The first-order valence-electron chi connectivity index (χ1n) is 10.6. The summed E-state index contributed by atoms with van der Waals surface area (Å²) in [5.74, 6) is 1.88. The predicted octanol–water partition coefficient (Wildman–Crippen LogP) is 4.18. The van der Waals surface area contributed by atoms with Crippen LogP contribution in [0.5, 0.6) is 0 Å². The Hall–Kier alpha value is -1.79. The van der Waals surface area contributed by atoms with Crippen molar-refractivity contribution >= 4 is 17.2 Å². The fourth-order valence-electron chi connectivity index (χ4n) is 6.14. The minimum Gasteiger partial charge on any atom is -0.383 e. The van der Waals surface area contributed by atoms with Crippen LogP contribution in [-0.4, -0.2) is 24.2 Å². The molecule has 2 unspecified atom stereocenters. The van der Waals surface area contributed by atoms with Gasteiger partial charge in [0.25, 0.3) is 5.91 Å². The molecule has 154 valence electrons. The lowest BCUT2D eigenvalue weighted by molar-refractivity contribution is -0.129. The van der Waals surface area contributed by atoms with Gasteiger partial charge in [-0.3, -0.25) is 4.79 Å². The van der Waals surface area contributed by atoms with Gasteiger partial charge in [0, 0.05) is 31.1 Å². The van der Waals surface area contributed by atoms with Gasteiger partial charge < -0.3 is 9.30 Å². The normalized spacial score (nSPS) is 30.4. The van der Waals surface area contributed by atoms with Crippen LogP contribution < -0.4 is 4.80 Å². The SMILES string of the molecule is COCCn1cc(Cc2cccc(F)c2)sc1=NC(=O)C12CC3CC(CC1C3)C2. The van der Waals surface area contributed by atoms with E-state index >= 15 is 0 Å². The van der Waals surface area contributed by atoms with Crippen molar-refractivity contribution in [3.05, 3.63) is 51.5 Å². The van der Waals surface area contributed by atoms with E-state index in [0.29, 0.717) is 25.5 Å². The number of rotatable bonds is 6. The zero-order valence-corrected chi connectivity index (χ0v) is 17.6. The molecule has 0 radical (unpaired) electrons. The summed E-state index contributed by atoms with van der Waals surface area (Å²) in [7, 11) is 1.68. The smallest absolute Gasteiger partial charge is 0.254 e. The zero-order valence-electron chi connectivity index (χ0n) is 16.8. The average molecular weight is 415 g/mol. The molecule has 4 aliphatic rings. The molecule has 2 atom stereocenters. The van der Waals surface area contributed by atoms with Crippen molar-refractivity contribution in [3.63, 3.8) is 0 Å². The number of halogens is 1. The average Bonchev–Trinajstić information content (AvgIpc) is 3.26. The van der Waals surface area contributed by atoms with Gasteiger partial charge in [-0.2, -0.15) is 4.99 Å². The molecule has 0 N–H and O–H groups in total. The summed E-state index contributed by atoms with van der Waals surface area (Å²) in [5.41, 5.74) is 0.729. The molecule has 0 aliphatic heterocycles. The predicted molar refractivity (Wildman–Crippen MR) is 110 cm³/mol. The van der Waals surface area contributed by atoms with E-state index in [9.17, 15) is 9.18 Å². The van der Waals surface area contributed by atoms with Gasteiger partial charge in [-0.25, -0.2) is 4.39 Å². The van der Waals surface area contributed by atoms with Gasteiger partial charge in [-0.1, -0.05) is 12.1 Å². The monoisotopic (exact) mass is 414 g/mol. The Labute approximate surface area is 174 Å². The van der Waals surface area contributed by atoms with Crippen LogP contribution >= 0.6 is 11.3 Å². The van der Waals surface area contributed by atoms with Crippen molar-refractivity contribution in [3.8, 4) is 0 Å². The van der Waals surface area contributed by atoms with Crippen LogP contribution in [0.25, 0.3) is 0 Å². The molecule has 0 saturated heterocycles. The molecule has 0 spiro atoms. The van der Waals surface area contributed by atoms with E-state index in [1.807, 2.05) is 16.8 Å². The molecule has 4 aliphatic carbocycles. The van der Waals surface area contributed by atoms with E-state index in [2.05, 4.69) is 4.99 Å². The van der Waals surface area contributed by atoms with Crippen LogP contribution in [0.2, 0.25) is 0 Å². The summed E-state index contributed by atoms with van der Waals surface area (Å²) >= 11 is 1.54. The first-order chi connectivity index (χ1) is 14.1. The maximum absolute atomic E-state index is 13.5. The Morgan fingerprint density at radius 1 is 1.31 bits per heavy atom. The standard InChI is InChI=1S/C23H27FN2O2S/c1-28-6-5-26-14-20(11-15-3-2-4-19(24)10-15)29-22(26)25-21(27)23-12-16-7-17(13-23)9-18(23)8-16/h2-4,10,14,16-18H,5-9,11-13H2,1H3. The van der Waals surface area contributed by atoms with E-state index < -0.39 is 0 Å². The van der Waals surface area contributed by atoms with E-state index in [1.165, 1.54) is 36.7 Å². The minimum atomic E-state index is -0.224. The summed E-state index contributed by atoms with van der Waals surface area (Å²) in [6.45, 7) is 1.22. The Balaban J connectivity index is 1.45. The molecule has 1 amide bonds. The molecular formula is C23H27FN2O2S. The van der Waals surface area contributed by atoms with Crippen molar-refractivity contribution in [2.24, 2.45) is 28.2 Å². The van der Waals surface area contributed by atoms with Crippen LogP contribution in [-0.2, 0) is 22.5 Å². The van der Waals surface area contributed by atoms with Gasteiger partial charge >= 0.3 is 0 Å². The number of carbonyl (C=O) groups is 1. The summed E-state index contributed by atoms with van der Waals surface area (Å²) in [4.78, 5) is 19.9. The summed E-state index contributed by atoms with van der Waals surface area (Å²) in [6, 6.07) is 6.68. The van der Waals surface area contributed by atoms with E-state index in [1.54, 1.807) is 19.2 Å². The van der Waals surface area contributed by atoms with Crippen LogP contribution in [0.4, 0.5) is 4.39 Å². The third kappa shape index (κ3) is 3.50. The number of methoxy groups -OCH3 is 1. The number of carbonyl (C=O) groups excluding carboxylic acids is 1. The van der Waals surface area contributed by atoms with Gasteiger partial charge in [-0.15, -0.1) is 11.3 Å². The third-order valence-electron chi connectivity index (χ3n) is 7.18. The lowest BCUT2D eigenvalue weighted by Gasteiger charge is -2.29. The first kappa shape index (κ1) is 19.2. The second-order valence-electron chi connectivity index (χ2n) is 9.09. The van der Waals surface area contributed by atoms with Crippen molar-refractivity contribution in [2.75, 3.05) is 13.7 Å². The molecular weight excluding hydrogens is 387 g/mol. The number of ether oxygens (including phenoxy) is 1. The second kappa shape index (κ2) is 7.47. The largest absolute Gasteiger partial charge is 0.383 e. The lowest BCUT2D eigenvalue weighted by Crippen LogP contribution is -2.33.